The molecule has 74 valence electrons. The molecule has 1 N–H and O–H groups in total. The molecule has 0 unspecified atom stereocenters. The van der Waals surface area contributed by atoms with E-state index in [9.17, 15) is 9.59 Å². The molecule has 3 heteroatoms. The zero-order valence-corrected chi connectivity index (χ0v) is 7.79. The Morgan fingerprint density at radius 3 is 2.38 bits per heavy atom. The van der Waals surface area contributed by atoms with Gasteiger partial charge in [0, 0.05) is 6.42 Å². The molecule has 0 amide bonds. The Labute approximate surface area is 78.1 Å². The molecular formula is C10H16O3. The van der Waals surface area contributed by atoms with Gasteiger partial charge in [0.05, 0.1) is 6.42 Å². The Bertz CT molecular complexity index is 192. The lowest BCUT2D eigenvalue weighted by molar-refractivity contribution is -0.140. The van der Waals surface area contributed by atoms with Crippen molar-refractivity contribution in [1.29, 1.82) is 0 Å². The predicted octanol–water partition coefficient (Wildman–Crippen LogP) is 2.00. The van der Waals surface area contributed by atoms with Gasteiger partial charge in [-0.3, -0.25) is 4.79 Å². The van der Waals surface area contributed by atoms with Crippen LogP contribution in [-0.2, 0) is 9.59 Å². The zero-order valence-electron chi connectivity index (χ0n) is 7.79. The maximum atomic E-state index is 10.6. The first-order valence-electron chi connectivity index (χ1n) is 4.84. The summed E-state index contributed by atoms with van der Waals surface area (Å²) < 4.78 is 0. The van der Waals surface area contributed by atoms with Gasteiger partial charge in [-0.05, 0) is 18.3 Å². The molecule has 0 radical (unpaired) electrons. The summed E-state index contributed by atoms with van der Waals surface area (Å²) >= 11 is 0. The summed E-state index contributed by atoms with van der Waals surface area (Å²) in [5, 5.41) is 8.74. The highest BCUT2D eigenvalue weighted by atomic mass is 16.4. The minimum atomic E-state index is -0.774. The van der Waals surface area contributed by atoms with Crippen molar-refractivity contribution >= 4 is 12.3 Å². The number of carbonyl (C=O) groups is 2. The molecule has 0 aromatic carbocycles. The number of carbonyl (C=O) groups excluding carboxylic acids is 1. The third kappa shape index (κ3) is 2.83. The van der Waals surface area contributed by atoms with Gasteiger partial charge < -0.3 is 9.90 Å². The second-order valence-electron chi connectivity index (χ2n) is 4.00. The first kappa shape index (κ1) is 10.2. The van der Waals surface area contributed by atoms with Crippen molar-refractivity contribution in [2.75, 3.05) is 0 Å². The predicted molar refractivity (Wildman–Crippen MR) is 48.5 cm³/mol. The van der Waals surface area contributed by atoms with Crippen LogP contribution < -0.4 is 0 Å². The molecular weight excluding hydrogens is 168 g/mol. The van der Waals surface area contributed by atoms with Crippen LogP contribution >= 0.6 is 0 Å². The van der Waals surface area contributed by atoms with Gasteiger partial charge in [-0.2, -0.15) is 0 Å². The van der Waals surface area contributed by atoms with E-state index in [1.165, 1.54) is 6.42 Å². The summed E-state index contributed by atoms with van der Waals surface area (Å²) in [6, 6.07) is 0. The van der Waals surface area contributed by atoms with E-state index in [-0.39, 0.29) is 11.8 Å². The molecule has 0 atom stereocenters. The van der Waals surface area contributed by atoms with E-state index in [0.29, 0.717) is 6.42 Å². The van der Waals surface area contributed by atoms with Crippen LogP contribution in [0.25, 0.3) is 0 Å². The normalized spacial score (nSPS) is 20.9. The van der Waals surface area contributed by atoms with Crippen molar-refractivity contribution in [2.45, 2.75) is 44.9 Å². The van der Waals surface area contributed by atoms with Crippen molar-refractivity contribution in [3.63, 3.8) is 0 Å². The second-order valence-corrected chi connectivity index (χ2v) is 4.00. The number of rotatable bonds is 4. The van der Waals surface area contributed by atoms with Crippen LogP contribution in [0.15, 0.2) is 0 Å². The molecule has 0 aliphatic heterocycles. The van der Waals surface area contributed by atoms with E-state index in [0.717, 1.165) is 32.0 Å². The number of carboxylic acid groups (broad SMARTS) is 1. The molecule has 0 heterocycles. The molecule has 0 spiro atoms. The van der Waals surface area contributed by atoms with Gasteiger partial charge in [0.15, 0.2) is 0 Å². The molecule has 1 rings (SSSR count). The fourth-order valence-corrected chi connectivity index (χ4v) is 2.25. The van der Waals surface area contributed by atoms with Gasteiger partial charge in [-0.25, -0.2) is 0 Å². The Kier molecular flexibility index (Phi) is 3.46. The largest absolute Gasteiger partial charge is 0.481 e. The van der Waals surface area contributed by atoms with Crippen LogP contribution in [0.3, 0.4) is 0 Å². The lowest BCUT2D eigenvalue weighted by Gasteiger charge is -2.34. The maximum absolute atomic E-state index is 10.6. The quantitative estimate of drug-likeness (QED) is 0.680. The smallest absolute Gasteiger partial charge is 0.303 e. The fourth-order valence-electron chi connectivity index (χ4n) is 2.25. The van der Waals surface area contributed by atoms with Crippen LogP contribution in [0.2, 0.25) is 0 Å². The summed E-state index contributed by atoms with van der Waals surface area (Å²) in [5.74, 6) is -0.774. The lowest BCUT2D eigenvalue weighted by atomic mass is 9.70. The molecule has 3 nitrogen and oxygen atoms in total. The second kappa shape index (κ2) is 4.40. The average Bonchev–Trinajstić information content (AvgIpc) is 2.04. The molecule has 0 bridgehead atoms. The fraction of sp³-hybridized carbons (Fsp3) is 0.800. The Morgan fingerprint density at radius 1 is 1.31 bits per heavy atom. The van der Waals surface area contributed by atoms with Gasteiger partial charge in [0.25, 0.3) is 0 Å². The van der Waals surface area contributed by atoms with E-state index in [1.807, 2.05) is 0 Å². The Morgan fingerprint density at radius 2 is 1.92 bits per heavy atom. The summed E-state index contributed by atoms with van der Waals surface area (Å²) in [4.78, 5) is 21.1. The molecule has 0 aromatic heterocycles. The van der Waals surface area contributed by atoms with Crippen molar-refractivity contribution in [3.05, 3.63) is 0 Å². The number of aliphatic carboxylic acids is 1. The summed E-state index contributed by atoms with van der Waals surface area (Å²) in [7, 11) is 0. The van der Waals surface area contributed by atoms with Gasteiger partial charge >= 0.3 is 5.97 Å². The van der Waals surface area contributed by atoms with E-state index in [1.54, 1.807) is 0 Å². The SMILES string of the molecule is O=CCC1(CC(=O)O)CCCCC1. The van der Waals surface area contributed by atoms with Crippen LogP contribution in [-0.4, -0.2) is 17.4 Å². The molecule has 1 saturated carbocycles. The first-order valence-corrected chi connectivity index (χ1v) is 4.84. The average molecular weight is 184 g/mol. The van der Waals surface area contributed by atoms with E-state index >= 15 is 0 Å². The summed E-state index contributed by atoms with van der Waals surface area (Å²) in [6.07, 6.45) is 6.57. The zero-order chi connectivity index (χ0) is 9.73. The van der Waals surface area contributed by atoms with Crippen molar-refractivity contribution in [3.8, 4) is 0 Å². The molecule has 0 aromatic rings. The minimum absolute atomic E-state index is 0.158. The van der Waals surface area contributed by atoms with Gasteiger partial charge in [0.1, 0.15) is 6.29 Å². The van der Waals surface area contributed by atoms with Crippen LogP contribution in [0, 0.1) is 5.41 Å². The third-order valence-electron chi connectivity index (χ3n) is 2.96. The number of hydrogen-bond donors (Lipinski definition) is 1. The van der Waals surface area contributed by atoms with Gasteiger partial charge in [-0.1, -0.05) is 19.3 Å². The van der Waals surface area contributed by atoms with Gasteiger partial charge in [-0.15, -0.1) is 0 Å². The van der Waals surface area contributed by atoms with Gasteiger partial charge in [0.2, 0.25) is 0 Å². The van der Waals surface area contributed by atoms with Crippen LogP contribution in [0.4, 0.5) is 0 Å². The lowest BCUT2D eigenvalue weighted by Crippen LogP contribution is -2.27. The molecule has 1 aliphatic rings. The topological polar surface area (TPSA) is 54.4 Å². The summed E-state index contributed by atoms with van der Waals surface area (Å²) in [5.41, 5.74) is -0.216. The Hall–Kier alpha value is -0.860. The van der Waals surface area contributed by atoms with E-state index in [4.69, 9.17) is 5.11 Å². The Balaban J connectivity index is 2.60. The highest BCUT2D eigenvalue weighted by Crippen LogP contribution is 2.41. The number of carboxylic acids is 1. The van der Waals surface area contributed by atoms with E-state index < -0.39 is 5.97 Å². The standard InChI is InChI=1S/C10H16O3/c11-7-6-10(8-9(12)13)4-2-1-3-5-10/h7H,1-6,8H2,(H,12,13). The summed E-state index contributed by atoms with van der Waals surface area (Å²) in [6.45, 7) is 0. The first-order chi connectivity index (χ1) is 6.18. The van der Waals surface area contributed by atoms with Crippen molar-refractivity contribution in [2.24, 2.45) is 5.41 Å². The van der Waals surface area contributed by atoms with E-state index in [2.05, 4.69) is 0 Å². The van der Waals surface area contributed by atoms with Crippen LogP contribution in [0.1, 0.15) is 44.9 Å². The highest BCUT2D eigenvalue weighted by Gasteiger charge is 2.33. The highest BCUT2D eigenvalue weighted by molar-refractivity contribution is 5.68. The maximum Gasteiger partial charge on any atom is 0.303 e. The van der Waals surface area contributed by atoms with Crippen molar-refractivity contribution in [1.82, 2.24) is 0 Å². The number of hydrogen-bond acceptors (Lipinski definition) is 2. The monoisotopic (exact) mass is 184 g/mol. The molecule has 1 aliphatic carbocycles. The third-order valence-corrected chi connectivity index (χ3v) is 2.96. The van der Waals surface area contributed by atoms with Crippen LogP contribution in [0.5, 0.6) is 0 Å². The number of aldehydes is 1. The molecule has 1 fully saturated rings. The molecule has 0 saturated heterocycles. The molecule has 13 heavy (non-hydrogen) atoms. The minimum Gasteiger partial charge on any atom is -0.481 e. The van der Waals surface area contributed by atoms with Crippen molar-refractivity contribution < 1.29 is 14.7 Å².